The lowest BCUT2D eigenvalue weighted by Gasteiger charge is -2.35. The molecule has 3 N–H and O–H groups in total. The van der Waals surface area contributed by atoms with E-state index in [1.165, 1.54) is 0 Å². The number of allylic oxidation sites excluding steroid dienone is 1. The first kappa shape index (κ1) is 25.8. The molecule has 4 amide bonds. The van der Waals surface area contributed by atoms with Gasteiger partial charge in [0.1, 0.15) is 0 Å². The van der Waals surface area contributed by atoms with Crippen molar-refractivity contribution in [2.45, 2.75) is 46.7 Å². The van der Waals surface area contributed by atoms with Gasteiger partial charge in [-0.25, -0.2) is 14.4 Å². The zero-order valence-corrected chi connectivity index (χ0v) is 20.8. The van der Waals surface area contributed by atoms with E-state index in [-0.39, 0.29) is 24.6 Å². The van der Waals surface area contributed by atoms with Gasteiger partial charge in [-0.15, -0.1) is 0 Å². The van der Waals surface area contributed by atoms with E-state index in [0.29, 0.717) is 35.6 Å². The molecule has 0 radical (unpaired) electrons. The number of rotatable bonds is 9. The van der Waals surface area contributed by atoms with Gasteiger partial charge in [0, 0.05) is 24.5 Å². The third-order valence-corrected chi connectivity index (χ3v) is 5.58. The number of carbonyl (C=O) groups is 3. The molecule has 35 heavy (non-hydrogen) atoms. The Morgan fingerprint density at radius 1 is 1.11 bits per heavy atom. The molecule has 0 aliphatic carbocycles. The number of nitrogens with one attached hydrogen (secondary N) is 3. The Balaban J connectivity index is 1.81. The maximum absolute atomic E-state index is 13.1. The predicted molar refractivity (Wildman–Crippen MR) is 136 cm³/mol. The summed E-state index contributed by atoms with van der Waals surface area (Å²) in [5.41, 5.74) is 3.18. The van der Waals surface area contributed by atoms with Crippen molar-refractivity contribution in [3.05, 3.63) is 77.0 Å². The number of anilines is 1. The topological polar surface area (TPSA) is 99.8 Å². The van der Waals surface area contributed by atoms with E-state index in [1.54, 1.807) is 30.0 Å². The van der Waals surface area contributed by atoms with Gasteiger partial charge >= 0.3 is 18.0 Å². The third-order valence-electron chi connectivity index (χ3n) is 5.58. The summed E-state index contributed by atoms with van der Waals surface area (Å²) in [7, 11) is 0. The average Bonchev–Trinajstić information content (AvgIpc) is 2.84. The quantitative estimate of drug-likeness (QED) is 0.444. The SMILES string of the molecule is CCCN1C(=O)NC(c2cccc(NC(=O)NCc3ccccc3)c2)C(C(=O)OCC(C)C)=C1C. The van der Waals surface area contributed by atoms with Gasteiger partial charge in [0.15, 0.2) is 0 Å². The van der Waals surface area contributed by atoms with Gasteiger partial charge < -0.3 is 20.7 Å². The van der Waals surface area contributed by atoms with E-state index in [1.807, 2.05) is 57.2 Å². The van der Waals surface area contributed by atoms with Gasteiger partial charge in [-0.05, 0) is 42.5 Å². The van der Waals surface area contributed by atoms with Crippen molar-refractivity contribution in [2.24, 2.45) is 5.92 Å². The summed E-state index contributed by atoms with van der Waals surface area (Å²) < 4.78 is 5.54. The Kier molecular flexibility index (Phi) is 8.89. The molecule has 8 nitrogen and oxygen atoms in total. The number of esters is 1. The number of hydrogen-bond donors (Lipinski definition) is 3. The van der Waals surface area contributed by atoms with E-state index in [0.717, 1.165) is 12.0 Å². The number of ether oxygens (including phenoxy) is 1. The second-order valence-corrected chi connectivity index (χ2v) is 8.94. The zero-order valence-electron chi connectivity index (χ0n) is 20.8. The number of carbonyl (C=O) groups excluding carboxylic acids is 3. The Labute approximate surface area is 206 Å². The maximum atomic E-state index is 13.1. The van der Waals surface area contributed by atoms with E-state index in [2.05, 4.69) is 16.0 Å². The second-order valence-electron chi connectivity index (χ2n) is 8.94. The lowest BCUT2D eigenvalue weighted by atomic mass is 9.94. The minimum Gasteiger partial charge on any atom is -0.462 e. The van der Waals surface area contributed by atoms with Crippen molar-refractivity contribution in [1.82, 2.24) is 15.5 Å². The highest BCUT2D eigenvalue weighted by Crippen LogP contribution is 2.32. The van der Waals surface area contributed by atoms with Crippen molar-refractivity contribution in [3.8, 4) is 0 Å². The first-order chi connectivity index (χ1) is 16.8. The number of nitrogens with zero attached hydrogens (tertiary/aromatic N) is 1. The Morgan fingerprint density at radius 3 is 2.54 bits per heavy atom. The smallest absolute Gasteiger partial charge is 0.338 e. The van der Waals surface area contributed by atoms with Crippen LogP contribution in [0.1, 0.15) is 51.3 Å². The lowest BCUT2D eigenvalue weighted by molar-refractivity contribution is -0.140. The molecule has 3 rings (SSSR count). The zero-order chi connectivity index (χ0) is 25.4. The Hall–Kier alpha value is -3.81. The highest BCUT2D eigenvalue weighted by molar-refractivity contribution is 5.95. The molecule has 8 heteroatoms. The monoisotopic (exact) mass is 478 g/mol. The maximum Gasteiger partial charge on any atom is 0.338 e. The van der Waals surface area contributed by atoms with Crippen molar-refractivity contribution in [2.75, 3.05) is 18.5 Å². The number of amides is 4. The fraction of sp³-hybridized carbons (Fsp3) is 0.370. The van der Waals surface area contributed by atoms with Gasteiger partial charge in [-0.2, -0.15) is 0 Å². The molecule has 2 aromatic rings. The summed E-state index contributed by atoms with van der Waals surface area (Å²) in [6.07, 6.45) is 0.751. The van der Waals surface area contributed by atoms with E-state index in [4.69, 9.17) is 4.74 Å². The van der Waals surface area contributed by atoms with Crippen molar-refractivity contribution < 1.29 is 19.1 Å². The highest BCUT2D eigenvalue weighted by Gasteiger charge is 2.36. The van der Waals surface area contributed by atoms with Crippen LogP contribution in [0, 0.1) is 5.92 Å². The van der Waals surface area contributed by atoms with Gasteiger partial charge in [-0.1, -0.05) is 63.2 Å². The van der Waals surface area contributed by atoms with Gasteiger partial charge in [0.2, 0.25) is 0 Å². The summed E-state index contributed by atoms with van der Waals surface area (Å²) in [5.74, 6) is -0.272. The van der Waals surface area contributed by atoms with E-state index >= 15 is 0 Å². The average molecular weight is 479 g/mol. The van der Waals surface area contributed by atoms with Crippen LogP contribution in [0.3, 0.4) is 0 Å². The summed E-state index contributed by atoms with van der Waals surface area (Å²) >= 11 is 0. The van der Waals surface area contributed by atoms with Crippen LogP contribution in [0.15, 0.2) is 65.9 Å². The van der Waals surface area contributed by atoms with Crippen LogP contribution in [-0.4, -0.2) is 36.1 Å². The molecule has 1 atom stereocenters. The third kappa shape index (κ3) is 6.85. The summed E-state index contributed by atoms with van der Waals surface area (Å²) in [6.45, 7) is 8.85. The predicted octanol–water partition coefficient (Wildman–Crippen LogP) is 4.96. The Morgan fingerprint density at radius 2 is 1.86 bits per heavy atom. The summed E-state index contributed by atoms with van der Waals surface area (Å²) in [4.78, 5) is 39.9. The van der Waals surface area contributed by atoms with Crippen LogP contribution in [0.2, 0.25) is 0 Å². The normalized spacial score (nSPS) is 15.6. The minimum absolute atomic E-state index is 0.185. The summed E-state index contributed by atoms with van der Waals surface area (Å²) in [5, 5.41) is 8.59. The molecule has 1 aliphatic heterocycles. The van der Waals surface area contributed by atoms with Crippen LogP contribution >= 0.6 is 0 Å². The highest BCUT2D eigenvalue weighted by atomic mass is 16.5. The molecule has 1 aliphatic rings. The van der Waals surface area contributed by atoms with Gasteiger partial charge in [-0.3, -0.25) is 4.90 Å². The molecule has 186 valence electrons. The molecule has 1 heterocycles. The van der Waals surface area contributed by atoms with Gasteiger partial charge in [0.05, 0.1) is 18.2 Å². The number of urea groups is 2. The van der Waals surface area contributed by atoms with Crippen LogP contribution in [-0.2, 0) is 16.1 Å². The number of hydrogen-bond acceptors (Lipinski definition) is 4. The second kappa shape index (κ2) is 12.1. The summed E-state index contributed by atoms with van der Waals surface area (Å²) in [6, 6.07) is 15.4. The fourth-order valence-electron chi connectivity index (χ4n) is 3.86. The molecule has 0 aromatic heterocycles. The first-order valence-corrected chi connectivity index (χ1v) is 11.9. The fourth-order valence-corrected chi connectivity index (χ4v) is 3.86. The molecule has 0 fully saturated rings. The minimum atomic E-state index is -0.690. The van der Waals surface area contributed by atoms with E-state index < -0.39 is 12.0 Å². The van der Waals surface area contributed by atoms with Crippen LogP contribution in [0.25, 0.3) is 0 Å². The van der Waals surface area contributed by atoms with Crippen molar-refractivity contribution in [1.29, 1.82) is 0 Å². The molecular formula is C27H34N4O4. The molecule has 0 spiro atoms. The molecule has 1 unspecified atom stereocenters. The van der Waals surface area contributed by atoms with Crippen molar-refractivity contribution in [3.63, 3.8) is 0 Å². The molecule has 0 saturated carbocycles. The lowest BCUT2D eigenvalue weighted by Crippen LogP contribution is -2.48. The standard InChI is InChI=1S/C27H34N4O4/c1-5-14-31-19(4)23(25(32)35-17-18(2)3)24(30-27(31)34)21-12-9-13-22(15-21)29-26(33)28-16-20-10-7-6-8-11-20/h6-13,15,18,24H,5,14,16-17H2,1-4H3,(H,30,34)(H2,28,29,33). The van der Waals surface area contributed by atoms with Gasteiger partial charge in [0.25, 0.3) is 0 Å². The number of benzene rings is 2. The largest absolute Gasteiger partial charge is 0.462 e. The van der Waals surface area contributed by atoms with Crippen molar-refractivity contribution >= 4 is 23.7 Å². The Bertz CT molecular complexity index is 1080. The molecule has 0 bridgehead atoms. The van der Waals surface area contributed by atoms with Crippen LogP contribution < -0.4 is 16.0 Å². The molecular weight excluding hydrogens is 444 g/mol. The van der Waals surface area contributed by atoms with Crippen LogP contribution in [0.5, 0.6) is 0 Å². The van der Waals surface area contributed by atoms with Crippen LogP contribution in [0.4, 0.5) is 15.3 Å². The molecule has 2 aromatic carbocycles. The molecule has 0 saturated heterocycles. The first-order valence-electron chi connectivity index (χ1n) is 11.9. The van der Waals surface area contributed by atoms with E-state index in [9.17, 15) is 14.4 Å².